The Morgan fingerprint density at radius 2 is 1.95 bits per heavy atom. The number of carbonyl (C=O) groups is 1. The molecule has 1 saturated carbocycles. The predicted molar refractivity (Wildman–Crippen MR) is 75.4 cm³/mol. The summed E-state index contributed by atoms with van der Waals surface area (Å²) in [7, 11) is 2.03. The molecule has 0 bridgehead atoms. The molecule has 1 aliphatic heterocycles. The lowest BCUT2D eigenvalue weighted by Crippen LogP contribution is -2.31. The largest absolute Gasteiger partial charge is 0.466 e. The van der Waals surface area contributed by atoms with E-state index in [1.54, 1.807) is 0 Å². The summed E-state index contributed by atoms with van der Waals surface area (Å²) >= 11 is 0. The van der Waals surface area contributed by atoms with Crippen LogP contribution in [0.15, 0.2) is 0 Å². The van der Waals surface area contributed by atoms with Gasteiger partial charge in [-0.15, -0.1) is 0 Å². The number of carbonyl (C=O) groups excluding carboxylic acids is 1. The summed E-state index contributed by atoms with van der Waals surface area (Å²) in [6.45, 7) is 3.40. The molecule has 1 aliphatic carbocycles. The van der Waals surface area contributed by atoms with Gasteiger partial charge in [-0.25, -0.2) is 0 Å². The summed E-state index contributed by atoms with van der Waals surface area (Å²) < 4.78 is 11.2. The molecule has 0 aromatic heterocycles. The molecule has 2 aliphatic rings. The van der Waals surface area contributed by atoms with E-state index in [9.17, 15) is 9.90 Å². The van der Waals surface area contributed by atoms with Crippen LogP contribution >= 0.6 is 0 Å². The van der Waals surface area contributed by atoms with Crippen molar-refractivity contribution in [2.75, 3.05) is 26.8 Å². The minimum Gasteiger partial charge on any atom is -0.466 e. The van der Waals surface area contributed by atoms with E-state index >= 15 is 0 Å². The van der Waals surface area contributed by atoms with Gasteiger partial charge in [-0.3, -0.25) is 9.69 Å². The Morgan fingerprint density at radius 3 is 2.50 bits per heavy atom. The third kappa shape index (κ3) is 3.93. The molecule has 2 rings (SSSR count). The quantitative estimate of drug-likeness (QED) is 0.769. The van der Waals surface area contributed by atoms with Crippen LogP contribution in [0.4, 0.5) is 0 Å². The molecule has 0 spiro atoms. The van der Waals surface area contributed by atoms with Gasteiger partial charge in [0.25, 0.3) is 0 Å². The van der Waals surface area contributed by atoms with Crippen molar-refractivity contribution in [3.63, 3.8) is 0 Å². The van der Waals surface area contributed by atoms with Crippen molar-refractivity contribution in [2.45, 2.75) is 57.3 Å². The molecular formula is C15H27NO4. The van der Waals surface area contributed by atoms with E-state index in [0.29, 0.717) is 6.61 Å². The first kappa shape index (κ1) is 15.7. The summed E-state index contributed by atoms with van der Waals surface area (Å²) in [4.78, 5) is 13.8. The summed E-state index contributed by atoms with van der Waals surface area (Å²) in [6.07, 6.45) is 5.01. The zero-order chi connectivity index (χ0) is 14.5. The Balaban J connectivity index is 1.71. The van der Waals surface area contributed by atoms with Gasteiger partial charge in [0.15, 0.2) is 0 Å². The highest BCUT2D eigenvalue weighted by Gasteiger charge is 2.33. The number of aliphatic hydroxyl groups excluding tert-OH is 1. The molecule has 5 nitrogen and oxygen atoms in total. The number of likely N-dealkylation sites (N-methyl/N-ethyl adjacent to an activating group) is 1. The number of hydrogen-bond acceptors (Lipinski definition) is 5. The molecule has 2 atom stereocenters. The van der Waals surface area contributed by atoms with E-state index in [0.717, 1.165) is 38.6 Å². The molecule has 1 heterocycles. The van der Waals surface area contributed by atoms with Crippen LogP contribution in [0.5, 0.6) is 0 Å². The Labute approximate surface area is 121 Å². The van der Waals surface area contributed by atoms with Crippen LogP contribution < -0.4 is 0 Å². The van der Waals surface area contributed by atoms with Gasteiger partial charge >= 0.3 is 5.97 Å². The van der Waals surface area contributed by atoms with Gasteiger partial charge in [-0.05, 0) is 46.1 Å². The Kier molecular flexibility index (Phi) is 5.81. The summed E-state index contributed by atoms with van der Waals surface area (Å²) in [6, 6.07) is 0.232. The van der Waals surface area contributed by atoms with Crippen molar-refractivity contribution >= 4 is 5.97 Å². The van der Waals surface area contributed by atoms with E-state index in [-0.39, 0.29) is 36.7 Å². The average Bonchev–Trinajstić information content (AvgIpc) is 2.80. The highest BCUT2D eigenvalue weighted by molar-refractivity contribution is 5.72. The molecule has 2 fully saturated rings. The van der Waals surface area contributed by atoms with Crippen molar-refractivity contribution in [3.8, 4) is 0 Å². The highest BCUT2D eigenvalue weighted by Crippen LogP contribution is 2.30. The molecule has 0 aromatic carbocycles. The van der Waals surface area contributed by atoms with Crippen LogP contribution in [0.2, 0.25) is 0 Å². The lowest BCUT2D eigenvalue weighted by Gasteiger charge is -2.29. The molecule has 0 aromatic rings. The van der Waals surface area contributed by atoms with E-state index in [4.69, 9.17) is 9.47 Å². The lowest BCUT2D eigenvalue weighted by molar-refractivity contribution is -0.150. The van der Waals surface area contributed by atoms with Crippen molar-refractivity contribution in [2.24, 2.45) is 5.92 Å². The topological polar surface area (TPSA) is 59.0 Å². The summed E-state index contributed by atoms with van der Waals surface area (Å²) in [5.41, 5.74) is 0. The van der Waals surface area contributed by atoms with Crippen LogP contribution in [-0.2, 0) is 14.3 Å². The number of nitrogens with zero attached hydrogens (tertiary/aromatic N) is 1. The zero-order valence-corrected chi connectivity index (χ0v) is 12.6. The second kappa shape index (κ2) is 7.38. The second-order valence-corrected chi connectivity index (χ2v) is 6.00. The van der Waals surface area contributed by atoms with E-state index in [1.807, 2.05) is 14.0 Å². The maximum absolute atomic E-state index is 11.7. The summed E-state index contributed by atoms with van der Waals surface area (Å²) in [5.74, 6) is 0.0122. The number of hydrogen-bond donors (Lipinski definition) is 1. The smallest absolute Gasteiger partial charge is 0.308 e. The standard InChI is InChI=1S/C15H27NO4/c1-3-19-15(18)11-4-6-13(7-5-11)20-14-8-12(10-17)16(2)9-14/h11-14,17H,3-10H2,1-2H3/t11?,12-,13?,14+/m0/s1. The molecule has 116 valence electrons. The third-order valence-electron chi connectivity index (χ3n) is 4.54. The van der Waals surface area contributed by atoms with Gasteiger partial charge in [0.1, 0.15) is 0 Å². The van der Waals surface area contributed by atoms with Gasteiger partial charge in [0.05, 0.1) is 31.3 Å². The minimum absolute atomic E-state index is 0.0492. The van der Waals surface area contributed by atoms with Crippen LogP contribution in [0.25, 0.3) is 0 Å². The van der Waals surface area contributed by atoms with Gasteiger partial charge in [-0.2, -0.15) is 0 Å². The second-order valence-electron chi connectivity index (χ2n) is 6.00. The van der Waals surface area contributed by atoms with Crippen molar-refractivity contribution in [1.29, 1.82) is 0 Å². The molecule has 0 radical (unpaired) electrons. The van der Waals surface area contributed by atoms with E-state index in [2.05, 4.69) is 4.90 Å². The molecule has 0 amide bonds. The van der Waals surface area contributed by atoms with Gasteiger partial charge in [0.2, 0.25) is 0 Å². The van der Waals surface area contributed by atoms with Crippen LogP contribution in [0.1, 0.15) is 39.0 Å². The highest BCUT2D eigenvalue weighted by atomic mass is 16.5. The van der Waals surface area contributed by atoms with Gasteiger partial charge < -0.3 is 14.6 Å². The lowest BCUT2D eigenvalue weighted by atomic mass is 9.87. The maximum atomic E-state index is 11.7. The first-order valence-electron chi connectivity index (χ1n) is 7.77. The minimum atomic E-state index is -0.0492. The molecule has 1 saturated heterocycles. The fraction of sp³-hybridized carbons (Fsp3) is 0.933. The van der Waals surface area contributed by atoms with Crippen LogP contribution in [0, 0.1) is 5.92 Å². The fourth-order valence-corrected chi connectivity index (χ4v) is 3.31. The normalized spacial score (nSPS) is 35.1. The molecule has 0 unspecified atom stereocenters. The van der Waals surface area contributed by atoms with Gasteiger partial charge in [0, 0.05) is 12.6 Å². The van der Waals surface area contributed by atoms with Crippen molar-refractivity contribution in [1.82, 2.24) is 4.90 Å². The summed E-state index contributed by atoms with van der Waals surface area (Å²) in [5, 5.41) is 9.26. The zero-order valence-electron chi connectivity index (χ0n) is 12.6. The Hall–Kier alpha value is -0.650. The average molecular weight is 285 g/mol. The molecular weight excluding hydrogens is 258 g/mol. The van der Waals surface area contributed by atoms with Crippen LogP contribution in [-0.4, -0.2) is 61.0 Å². The molecule has 1 N–H and O–H groups in total. The van der Waals surface area contributed by atoms with Crippen molar-refractivity contribution < 1.29 is 19.4 Å². The first-order chi connectivity index (χ1) is 9.63. The van der Waals surface area contributed by atoms with Gasteiger partial charge in [-0.1, -0.05) is 0 Å². The molecule has 20 heavy (non-hydrogen) atoms. The number of esters is 1. The Bertz CT molecular complexity index is 315. The number of aliphatic hydroxyl groups is 1. The van der Waals surface area contributed by atoms with E-state index in [1.165, 1.54) is 0 Å². The predicted octanol–water partition coefficient (Wildman–Crippen LogP) is 1.19. The van der Waals surface area contributed by atoms with E-state index < -0.39 is 0 Å². The van der Waals surface area contributed by atoms with Crippen LogP contribution in [0.3, 0.4) is 0 Å². The van der Waals surface area contributed by atoms with Crippen molar-refractivity contribution in [3.05, 3.63) is 0 Å². The maximum Gasteiger partial charge on any atom is 0.308 e. The first-order valence-corrected chi connectivity index (χ1v) is 7.77. The number of likely N-dealkylation sites (tertiary alicyclic amines) is 1. The monoisotopic (exact) mass is 285 g/mol. The molecule has 5 heteroatoms. The fourth-order valence-electron chi connectivity index (χ4n) is 3.31. The number of ether oxygens (including phenoxy) is 2. The number of rotatable bonds is 5. The third-order valence-corrected chi connectivity index (χ3v) is 4.54. The SMILES string of the molecule is CCOC(=O)C1CCC(O[C@@H]2C[C@@H](CO)N(C)C2)CC1. The Morgan fingerprint density at radius 1 is 1.25 bits per heavy atom.